The minimum atomic E-state index is -0.324. The van der Waals surface area contributed by atoms with E-state index in [1.165, 1.54) is 7.11 Å². The monoisotopic (exact) mass is 337 g/mol. The van der Waals surface area contributed by atoms with Gasteiger partial charge < -0.3 is 10.1 Å². The molecule has 1 N–H and O–H groups in total. The van der Waals surface area contributed by atoms with Gasteiger partial charge in [0.25, 0.3) is 0 Å². The van der Waals surface area contributed by atoms with Gasteiger partial charge in [0, 0.05) is 10.0 Å². The highest BCUT2D eigenvalue weighted by molar-refractivity contribution is 9.10. The molecule has 0 aliphatic rings. The van der Waals surface area contributed by atoms with Gasteiger partial charge in [-0.3, -0.25) is 0 Å². The van der Waals surface area contributed by atoms with E-state index in [0.29, 0.717) is 5.56 Å². The fourth-order valence-electron chi connectivity index (χ4n) is 2.26. The minimum absolute atomic E-state index is 0.211. The van der Waals surface area contributed by atoms with E-state index in [1.807, 2.05) is 32.2 Å². The molecule has 20 heavy (non-hydrogen) atoms. The van der Waals surface area contributed by atoms with Gasteiger partial charge in [-0.1, -0.05) is 40.2 Å². The Morgan fingerprint density at radius 3 is 2.60 bits per heavy atom. The molecular weight excluding hydrogens is 321 g/mol. The first kappa shape index (κ1) is 15.0. The van der Waals surface area contributed by atoms with Crippen LogP contribution < -0.4 is 10.1 Å². The average molecular weight is 338 g/mol. The van der Waals surface area contributed by atoms with Crippen LogP contribution in [0.1, 0.15) is 22.7 Å². The summed E-state index contributed by atoms with van der Waals surface area (Å²) in [7, 11) is 3.29. The number of hydrogen-bond donors (Lipinski definition) is 1. The Labute approximate surface area is 127 Å². The third kappa shape index (κ3) is 2.86. The van der Waals surface area contributed by atoms with Crippen LogP contribution in [0.2, 0.25) is 0 Å². The molecule has 0 saturated heterocycles. The number of aryl methyl sites for hydroxylation is 1. The Morgan fingerprint density at radius 2 is 2.00 bits per heavy atom. The summed E-state index contributed by atoms with van der Waals surface area (Å²) in [6.45, 7) is 2.02. The highest BCUT2D eigenvalue weighted by Gasteiger charge is 2.19. The summed E-state index contributed by atoms with van der Waals surface area (Å²) in [5, 5.41) is 3.16. The quantitative estimate of drug-likeness (QED) is 0.902. The van der Waals surface area contributed by atoms with Crippen molar-refractivity contribution >= 4 is 15.9 Å². The molecule has 4 heteroatoms. The van der Waals surface area contributed by atoms with Crippen molar-refractivity contribution in [1.29, 1.82) is 0 Å². The molecule has 0 saturated carbocycles. The van der Waals surface area contributed by atoms with Crippen LogP contribution in [0.25, 0.3) is 0 Å². The van der Waals surface area contributed by atoms with Crippen molar-refractivity contribution < 1.29 is 9.13 Å². The van der Waals surface area contributed by atoms with E-state index in [-0.39, 0.29) is 17.6 Å². The lowest BCUT2D eigenvalue weighted by atomic mass is 9.97. The molecule has 2 aromatic carbocycles. The SMILES string of the molecule is CNC(c1ccc(Br)c(C)c1)c1cccc(OC)c1F. The zero-order valence-electron chi connectivity index (χ0n) is 11.7. The second-order valence-corrected chi connectivity index (χ2v) is 5.45. The smallest absolute Gasteiger partial charge is 0.170 e. The topological polar surface area (TPSA) is 21.3 Å². The first-order valence-corrected chi connectivity index (χ1v) is 7.13. The first-order valence-electron chi connectivity index (χ1n) is 6.34. The van der Waals surface area contributed by atoms with Crippen molar-refractivity contribution in [3.63, 3.8) is 0 Å². The van der Waals surface area contributed by atoms with Crippen LogP contribution >= 0.6 is 15.9 Å². The van der Waals surface area contributed by atoms with Gasteiger partial charge in [-0.2, -0.15) is 0 Å². The number of benzene rings is 2. The van der Waals surface area contributed by atoms with Gasteiger partial charge >= 0.3 is 0 Å². The van der Waals surface area contributed by atoms with Gasteiger partial charge in [-0.05, 0) is 37.2 Å². The summed E-state index contributed by atoms with van der Waals surface area (Å²) in [5.74, 6) is -0.0634. The van der Waals surface area contributed by atoms with Crippen molar-refractivity contribution in [3.8, 4) is 5.75 Å². The first-order chi connectivity index (χ1) is 9.58. The van der Waals surface area contributed by atoms with Crippen molar-refractivity contribution in [3.05, 3.63) is 63.4 Å². The molecule has 0 radical (unpaired) electrons. The molecule has 0 aliphatic heterocycles. The second kappa shape index (κ2) is 6.37. The van der Waals surface area contributed by atoms with Crippen LogP contribution in [0.15, 0.2) is 40.9 Å². The zero-order valence-corrected chi connectivity index (χ0v) is 13.3. The predicted octanol–water partition coefficient (Wildman–Crippen LogP) is 4.21. The Balaban J connectivity index is 2.49. The van der Waals surface area contributed by atoms with Crippen LogP contribution in [0.3, 0.4) is 0 Å². The highest BCUT2D eigenvalue weighted by Crippen LogP contribution is 2.30. The molecular formula is C16H17BrFNO. The Bertz CT molecular complexity index is 615. The normalized spacial score (nSPS) is 12.2. The molecule has 1 unspecified atom stereocenters. The summed E-state index contributed by atoms with van der Waals surface area (Å²) in [6.07, 6.45) is 0. The lowest BCUT2D eigenvalue weighted by molar-refractivity contribution is 0.382. The van der Waals surface area contributed by atoms with Crippen LogP contribution in [-0.2, 0) is 0 Å². The zero-order chi connectivity index (χ0) is 14.7. The van der Waals surface area contributed by atoms with Crippen molar-refractivity contribution in [2.75, 3.05) is 14.2 Å². The average Bonchev–Trinajstić information content (AvgIpc) is 2.45. The van der Waals surface area contributed by atoms with Gasteiger partial charge in [0.1, 0.15) is 0 Å². The van der Waals surface area contributed by atoms with Gasteiger partial charge in [0.2, 0.25) is 0 Å². The largest absolute Gasteiger partial charge is 0.494 e. The molecule has 2 rings (SSSR count). The molecule has 1 atom stereocenters. The van der Waals surface area contributed by atoms with Crippen molar-refractivity contribution in [2.24, 2.45) is 0 Å². The third-order valence-corrected chi connectivity index (χ3v) is 4.22. The molecule has 0 bridgehead atoms. The van der Waals surface area contributed by atoms with E-state index >= 15 is 0 Å². The summed E-state index contributed by atoms with van der Waals surface area (Å²) in [5.41, 5.74) is 2.71. The lowest BCUT2D eigenvalue weighted by Gasteiger charge is -2.19. The van der Waals surface area contributed by atoms with Crippen LogP contribution in [0, 0.1) is 12.7 Å². The van der Waals surface area contributed by atoms with E-state index in [9.17, 15) is 4.39 Å². The number of methoxy groups -OCH3 is 1. The Hall–Kier alpha value is -1.39. The van der Waals surface area contributed by atoms with Gasteiger partial charge in [-0.15, -0.1) is 0 Å². The molecule has 0 aliphatic carbocycles. The van der Waals surface area contributed by atoms with Gasteiger partial charge in [0.05, 0.1) is 13.2 Å². The fraction of sp³-hybridized carbons (Fsp3) is 0.250. The molecule has 106 valence electrons. The van der Waals surface area contributed by atoms with Crippen LogP contribution in [-0.4, -0.2) is 14.2 Å². The fourth-order valence-corrected chi connectivity index (χ4v) is 2.50. The van der Waals surface area contributed by atoms with Gasteiger partial charge in [0.15, 0.2) is 11.6 Å². The molecule has 2 nitrogen and oxygen atoms in total. The summed E-state index contributed by atoms with van der Waals surface area (Å²) in [6, 6.07) is 11.0. The van der Waals surface area contributed by atoms with Gasteiger partial charge in [-0.25, -0.2) is 4.39 Å². The predicted molar refractivity (Wildman–Crippen MR) is 82.7 cm³/mol. The third-order valence-electron chi connectivity index (χ3n) is 3.33. The van der Waals surface area contributed by atoms with E-state index < -0.39 is 0 Å². The maximum Gasteiger partial charge on any atom is 0.170 e. The Kier molecular flexibility index (Phi) is 4.78. The molecule has 0 heterocycles. The number of hydrogen-bond acceptors (Lipinski definition) is 2. The lowest BCUT2D eigenvalue weighted by Crippen LogP contribution is -2.19. The van der Waals surface area contributed by atoms with E-state index in [1.54, 1.807) is 18.2 Å². The maximum atomic E-state index is 14.4. The standard InChI is InChI=1S/C16H17BrFNO/c1-10-9-11(7-8-13(10)17)16(19-2)12-5-4-6-14(20-3)15(12)18/h4-9,16,19H,1-3H3. The van der Waals surface area contributed by atoms with Crippen molar-refractivity contribution in [1.82, 2.24) is 5.32 Å². The van der Waals surface area contributed by atoms with Crippen LogP contribution in [0.4, 0.5) is 4.39 Å². The molecule has 0 fully saturated rings. The molecule has 2 aromatic rings. The number of nitrogens with one attached hydrogen (secondary N) is 1. The second-order valence-electron chi connectivity index (χ2n) is 4.59. The number of ether oxygens (including phenoxy) is 1. The summed E-state index contributed by atoms with van der Waals surface area (Å²) >= 11 is 3.48. The number of rotatable bonds is 4. The van der Waals surface area contributed by atoms with Crippen LogP contribution in [0.5, 0.6) is 5.75 Å². The summed E-state index contributed by atoms with van der Waals surface area (Å²) < 4.78 is 20.5. The van der Waals surface area contributed by atoms with Crippen molar-refractivity contribution in [2.45, 2.75) is 13.0 Å². The maximum absolute atomic E-state index is 14.4. The minimum Gasteiger partial charge on any atom is -0.494 e. The van der Waals surface area contributed by atoms with E-state index in [0.717, 1.165) is 15.6 Å². The Morgan fingerprint density at radius 1 is 1.25 bits per heavy atom. The molecule has 0 aromatic heterocycles. The molecule has 0 amide bonds. The summed E-state index contributed by atoms with van der Waals surface area (Å²) in [4.78, 5) is 0. The number of halogens is 2. The highest BCUT2D eigenvalue weighted by atomic mass is 79.9. The van der Waals surface area contributed by atoms with E-state index in [4.69, 9.17) is 4.74 Å². The van der Waals surface area contributed by atoms with E-state index in [2.05, 4.69) is 21.2 Å². The molecule has 0 spiro atoms.